The van der Waals surface area contributed by atoms with Gasteiger partial charge in [-0.05, 0) is 25.6 Å². The van der Waals surface area contributed by atoms with E-state index in [1.807, 2.05) is 14.1 Å². The van der Waals surface area contributed by atoms with Gasteiger partial charge in [-0.15, -0.1) is 0 Å². The van der Waals surface area contributed by atoms with Crippen LogP contribution in [0.5, 0.6) is 5.75 Å². The topological polar surface area (TPSA) is 65.5 Å². The van der Waals surface area contributed by atoms with Gasteiger partial charge in [-0.2, -0.15) is 0 Å². The predicted octanol–water partition coefficient (Wildman–Crippen LogP) is 1.10. The SMILES string of the molecule is CN(C)CC(C)(C)CNC(=O)c1ccncc1O. The summed E-state index contributed by atoms with van der Waals surface area (Å²) in [4.78, 5) is 17.7. The minimum absolute atomic E-state index is 0.0260. The van der Waals surface area contributed by atoms with Gasteiger partial charge in [-0.25, -0.2) is 0 Å². The molecule has 0 unspecified atom stereocenters. The summed E-state index contributed by atoms with van der Waals surface area (Å²) >= 11 is 0. The van der Waals surface area contributed by atoms with Crippen LogP contribution in [0.25, 0.3) is 0 Å². The van der Waals surface area contributed by atoms with Crippen LogP contribution in [0.15, 0.2) is 18.5 Å². The molecule has 18 heavy (non-hydrogen) atoms. The largest absolute Gasteiger partial charge is 0.505 e. The molecular formula is C13H21N3O2. The third kappa shape index (κ3) is 4.33. The molecule has 0 bridgehead atoms. The molecule has 1 heterocycles. The Morgan fingerprint density at radius 3 is 2.72 bits per heavy atom. The molecule has 100 valence electrons. The zero-order valence-electron chi connectivity index (χ0n) is 11.4. The molecule has 0 aliphatic heterocycles. The average Bonchev–Trinajstić information content (AvgIpc) is 2.25. The lowest BCUT2D eigenvalue weighted by Crippen LogP contribution is -2.40. The van der Waals surface area contributed by atoms with Crippen molar-refractivity contribution in [1.82, 2.24) is 15.2 Å². The molecule has 0 spiro atoms. The Kier molecular flexibility index (Phi) is 4.67. The van der Waals surface area contributed by atoms with Crippen LogP contribution in [0.1, 0.15) is 24.2 Å². The minimum Gasteiger partial charge on any atom is -0.505 e. The fourth-order valence-electron chi connectivity index (χ4n) is 1.90. The van der Waals surface area contributed by atoms with E-state index in [1.165, 1.54) is 18.5 Å². The Morgan fingerprint density at radius 2 is 2.17 bits per heavy atom. The zero-order valence-corrected chi connectivity index (χ0v) is 11.4. The van der Waals surface area contributed by atoms with Gasteiger partial charge < -0.3 is 15.3 Å². The summed E-state index contributed by atoms with van der Waals surface area (Å²) in [5.41, 5.74) is 0.229. The van der Waals surface area contributed by atoms with Crippen molar-refractivity contribution < 1.29 is 9.90 Å². The first-order valence-corrected chi connectivity index (χ1v) is 5.88. The Labute approximate surface area is 108 Å². The smallest absolute Gasteiger partial charge is 0.255 e. The summed E-state index contributed by atoms with van der Waals surface area (Å²) in [6.45, 7) is 5.58. The quantitative estimate of drug-likeness (QED) is 0.822. The van der Waals surface area contributed by atoms with E-state index in [0.717, 1.165) is 6.54 Å². The van der Waals surface area contributed by atoms with Gasteiger partial charge in [-0.3, -0.25) is 9.78 Å². The normalized spacial score (nSPS) is 11.6. The van der Waals surface area contributed by atoms with Crippen molar-refractivity contribution in [2.24, 2.45) is 5.41 Å². The highest BCUT2D eigenvalue weighted by Crippen LogP contribution is 2.16. The fourth-order valence-corrected chi connectivity index (χ4v) is 1.90. The molecule has 0 saturated heterocycles. The number of aromatic hydroxyl groups is 1. The van der Waals surface area contributed by atoms with Crippen LogP contribution in [-0.2, 0) is 0 Å². The van der Waals surface area contributed by atoms with E-state index >= 15 is 0 Å². The molecule has 0 saturated carbocycles. The number of carbonyl (C=O) groups is 1. The summed E-state index contributed by atoms with van der Waals surface area (Å²) in [7, 11) is 4.00. The highest BCUT2D eigenvalue weighted by atomic mass is 16.3. The van der Waals surface area contributed by atoms with Crippen molar-refractivity contribution >= 4 is 5.91 Å². The van der Waals surface area contributed by atoms with E-state index in [4.69, 9.17) is 0 Å². The van der Waals surface area contributed by atoms with Gasteiger partial charge in [0.1, 0.15) is 5.75 Å². The van der Waals surface area contributed by atoms with E-state index in [0.29, 0.717) is 6.54 Å². The monoisotopic (exact) mass is 251 g/mol. The van der Waals surface area contributed by atoms with Crippen molar-refractivity contribution in [3.63, 3.8) is 0 Å². The van der Waals surface area contributed by atoms with E-state index in [9.17, 15) is 9.90 Å². The molecule has 5 heteroatoms. The number of carbonyl (C=O) groups excluding carboxylic acids is 1. The molecule has 1 aromatic heterocycles. The van der Waals surface area contributed by atoms with Gasteiger partial charge in [0.2, 0.25) is 0 Å². The summed E-state index contributed by atoms with van der Waals surface area (Å²) in [5.74, 6) is -0.373. The molecule has 5 nitrogen and oxygen atoms in total. The number of rotatable bonds is 5. The van der Waals surface area contributed by atoms with Crippen molar-refractivity contribution in [2.75, 3.05) is 27.2 Å². The molecule has 0 aromatic carbocycles. The number of nitrogens with zero attached hydrogens (tertiary/aromatic N) is 2. The second-order valence-electron chi connectivity index (χ2n) is 5.48. The summed E-state index contributed by atoms with van der Waals surface area (Å²) in [6, 6.07) is 1.50. The van der Waals surface area contributed by atoms with Gasteiger partial charge in [0.25, 0.3) is 5.91 Å². The van der Waals surface area contributed by atoms with Gasteiger partial charge in [0, 0.05) is 19.3 Å². The minimum atomic E-state index is -0.276. The van der Waals surface area contributed by atoms with Crippen molar-refractivity contribution in [2.45, 2.75) is 13.8 Å². The lowest BCUT2D eigenvalue weighted by Gasteiger charge is -2.28. The number of hydrogen-bond donors (Lipinski definition) is 2. The van der Waals surface area contributed by atoms with E-state index in [-0.39, 0.29) is 22.6 Å². The van der Waals surface area contributed by atoms with Crippen LogP contribution in [0, 0.1) is 5.41 Å². The lowest BCUT2D eigenvalue weighted by molar-refractivity contribution is 0.0926. The molecular weight excluding hydrogens is 230 g/mol. The summed E-state index contributed by atoms with van der Waals surface area (Å²) in [6.07, 6.45) is 2.75. The Bertz CT molecular complexity index is 416. The second-order valence-corrected chi connectivity index (χ2v) is 5.48. The van der Waals surface area contributed by atoms with Crippen LogP contribution >= 0.6 is 0 Å². The first kappa shape index (κ1) is 14.4. The average molecular weight is 251 g/mol. The predicted molar refractivity (Wildman–Crippen MR) is 70.6 cm³/mol. The number of nitrogens with one attached hydrogen (secondary N) is 1. The third-order valence-corrected chi connectivity index (χ3v) is 2.52. The number of hydrogen-bond acceptors (Lipinski definition) is 4. The molecule has 2 N–H and O–H groups in total. The highest BCUT2D eigenvalue weighted by Gasteiger charge is 2.20. The third-order valence-electron chi connectivity index (χ3n) is 2.52. The van der Waals surface area contributed by atoms with Gasteiger partial charge in [0.05, 0.1) is 11.8 Å². The van der Waals surface area contributed by atoms with Crippen LogP contribution < -0.4 is 5.32 Å². The van der Waals surface area contributed by atoms with E-state index in [1.54, 1.807) is 0 Å². The maximum Gasteiger partial charge on any atom is 0.255 e. The van der Waals surface area contributed by atoms with Crippen molar-refractivity contribution in [1.29, 1.82) is 0 Å². The zero-order chi connectivity index (χ0) is 13.8. The number of aromatic nitrogens is 1. The van der Waals surface area contributed by atoms with Crippen molar-refractivity contribution in [3.8, 4) is 5.75 Å². The maximum atomic E-state index is 11.9. The van der Waals surface area contributed by atoms with Gasteiger partial charge >= 0.3 is 0 Å². The second kappa shape index (κ2) is 5.82. The molecule has 0 atom stereocenters. The fraction of sp³-hybridized carbons (Fsp3) is 0.538. The molecule has 0 radical (unpaired) electrons. The molecule has 1 amide bonds. The van der Waals surface area contributed by atoms with Crippen LogP contribution in [0.3, 0.4) is 0 Å². The van der Waals surface area contributed by atoms with Crippen LogP contribution in [0.4, 0.5) is 0 Å². The summed E-state index contributed by atoms with van der Waals surface area (Å²) in [5, 5.41) is 12.4. The molecule has 0 fully saturated rings. The Hall–Kier alpha value is -1.62. The first-order chi connectivity index (χ1) is 8.32. The summed E-state index contributed by atoms with van der Waals surface area (Å²) < 4.78 is 0. The van der Waals surface area contributed by atoms with Crippen molar-refractivity contribution in [3.05, 3.63) is 24.0 Å². The number of amides is 1. The van der Waals surface area contributed by atoms with Crippen LogP contribution in [-0.4, -0.2) is 48.1 Å². The van der Waals surface area contributed by atoms with E-state index in [2.05, 4.69) is 29.0 Å². The first-order valence-electron chi connectivity index (χ1n) is 5.88. The Morgan fingerprint density at radius 1 is 1.50 bits per heavy atom. The molecule has 0 aliphatic carbocycles. The standard InChI is InChI=1S/C13H21N3O2/c1-13(2,9-16(3)4)8-15-12(18)10-5-6-14-7-11(10)17/h5-7,17H,8-9H2,1-4H3,(H,15,18). The van der Waals surface area contributed by atoms with Crippen LogP contribution in [0.2, 0.25) is 0 Å². The maximum absolute atomic E-state index is 11.9. The van der Waals surface area contributed by atoms with Gasteiger partial charge in [0.15, 0.2) is 0 Å². The number of pyridine rings is 1. The molecule has 1 rings (SSSR count). The van der Waals surface area contributed by atoms with E-state index < -0.39 is 0 Å². The Balaban J connectivity index is 2.59. The highest BCUT2D eigenvalue weighted by molar-refractivity contribution is 5.96. The van der Waals surface area contributed by atoms with Gasteiger partial charge in [-0.1, -0.05) is 13.8 Å². The lowest BCUT2D eigenvalue weighted by atomic mass is 9.93. The molecule has 0 aliphatic rings. The molecule has 1 aromatic rings.